The summed E-state index contributed by atoms with van der Waals surface area (Å²) in [4.78, 5) is 33.6. The minimum Gasteiger partial charge on any atom is -0.464 e. The van der Waals surface area contributed by atoms with E-state index in [9.17, 15) is 19.7 Å². The lowest BCUT2D eigenvalue weighted by molar-refractivity contribution is -0.480. The molecule has 1 N–H and O–H groups in total. The van der Waals surface area contributed by atoms with E-state index in [1.165, 1.54) is 11.8 Å². The molecule has 0 aromatic carbocycles. The summed E-state index contributed by atoms with van der Waals surface area (Å²) in [7, 11) is 0. The first kappa shape index (κ1) is 26.3. The molecule has 0 saturated heterocycles. The number of esters is 1. The van der Waals surface area contributed by atoms with Crippen LogP contribution in [-0.2, 0) is 14.3 Å². The number of nitro groups is 1. The Morgan fingerprint density at radius 2 is 1.92 bits per heavy atom. The third-order valence-electron chi connectivity index (χ3n) is 2.42. The van der Waals surface area contributed by atoms with Crippen molar-refractivity contribution in [2.75, 3.05) is 24.7 Å². The van der Waals surface area contributed by atoms with Crippen molar-refractivity contribution in [3.8, 4) is 12.3 Å². The zero-order chi connectivity index (χ0) is 20.6. The monoisotopic (exact) mass is 390 g/mol. The average molecular weight is 391 g/mol. The molecule has 0 fully saturated rings. The highest BCUT2D eigenvalue weighted by Gasteiger charge is 2.25. The van der Waals surface area contributed by atoms with Crippen molar-refractivity contribution in [3.63, 3.8) is 0 Å². The molecule has 1 amide bonds. The first-order chi connectivity index (χ1) is 12.2. The SMILES string of the molecule is C#CCSCC(NC(=O)OC(C)(C)C)C(=O)OCCCC[N+](=O)[O-].CC. The summed E-state index contributed by atoms with van der Waals surface area (Å²) in [5.41, 5.74) is -0.687. The second-order valence-corrected chi connectivity index (χ2v) is 6.88. The quantitative estimate of drug-likeness (QED) is 0.201. The summed E-state index contributed by atoms with van der Waals surface area (Å²) in [5.74, 6) is 2.45. The van der Waals surface area contributed by atoms with Crippen molar-refractivity contribution in [2.45, 2.75) is 59.1 Å². The largest absolute Gasteiger partial charge is 0.464 e. The summed E-state index contributed by atoms with van der Waals surface area (Å²) in [6.45, 7) is 9.01. The normalized spacial score (nSPS) is 11.2. The third kappa shape index (κ3) is 16.9. The Labute approximate surface area is 159 Å². The zero-order valence-corrected chi connectivity index (χ0v) is 17.0. The number of terminal acetylenes is 1. The fourth-order valence-corrected chi connectivity index (χ4v) is 2.16. The number of hydrogen-bond donors (Lipinski definition) is 1. The van der Waals surface area contributed by atoms with E-state index >= 15 is 0 Å². The number of unbranched alkanes of at least 4 members (excludes halogenated alkanes) is 1. The van der Waals surface area contributed by atoms with Gasteiger partial charge in [-0.15, -0.1) is 18.2 Å². The van der Waals surface area contributed by atoms with Gasteiger partial charge in [0.1, 0.15) is 11.6 Å². The minimum atomic E-state index is -0.895. The maximum Gasteiger partial charge on any atom is 0.408 e. The van der Waals surface area contributed by atoms with Crippen LogP contribution in [0.1, 0.15) is 47.5 Å². The van der Waals surface area contributed by atoms with Gasteiger partial charge in [-0.25, -0.2) is 9.59 Å². The second-order valence-electron chi connectivity index (χ2n) is 5.85. The van der Waals surface area contributed by atoms with Crippen LogP contribution in [0.15, 0.2) is 0 Å². The maximum absolute atomic E-state index is 12.0. The molecule has 0 spiro atoms. The molecule has 0 heterocycles. The van der Waals surface area contributed by atoms with Crippen LogP contribution in [0.25, 0.3) is 0 Å². The van der Waals surface area contributed by atoms with E-state index in [1.807, 2.05) is 13.8 Å². The van der Waals surface area contributed by atoms with Gasteiger partial charge in [0.15, 0.2) is 0 Å². The minimum absolute atomic E-state index is 0.0545. The van der Waals surface area contributed by atoms with Crippen LogP contribution in [-0.4, -0.2) is 53.3 Å². The summed E-state index contributed by atoms with van der Waals surface area (Å²) in [6, 6.07) is -0.895. The summed E-state index contributed by atoms with van der Waals surface area (Å²) in [5, 5.41) is 12.7. The fourth-order valence-electron chi connectivity index (χ4n) is 1.47. The first-order valence-corrected chi connectivity index (χ1v) is 9.60. The number of carbonyl (C=O) groups is 2. The van der Waals surface area contributed by atoms with Crippen LogP contribution in [0.5, 0.6) is 0 Å². The van der Waals surface area contributed by atoms with Gasteiger partial charge in [-0.2, -0.15) is 0 Å². The van der Waals surface area contributed by atoms with Gasteiger partial charge in [-0.3, -0.25) is 10.1 Å². The molecular weight excluding hydrogens is 360 g/mol. The van der Waals surface area contributed by atoms with Gasteiger partial charge >= 0.3 is 12.1 Å². The molecule has 9 heteroatoms. The molecule has 0 aromatic heterocycles. The Morgan fingerprint density at radius 1 is 1.31 bits per heavy atom. The van der Waals surface area contributed by atoms with Gasteiger partial charge in [-0.1, -0.05) is 19.8 Å². The Morgan fingerprint density at radius 3 is 2.42 bits per heavy atom. The Kier molecular flexibility index (Phi) is 15.5. The highest BCUT2D eigenvalue weighted by atomic mass is 32.2. The van der Waals surface area contributed by atoms with Crippen molar-refractivity contribution in [3.05, 3.63) is 10.1 Å². The molecule has 1 unspecified atom stereocenters. The lowest BCUT2D eigenvalue weighted by Gasteiger charge is -2.22. The van der Waals surface area contributed by atoms with E-state index in [4.69, 9.17) is 15.9 Å². The molecule has 0 aromatic rings. The van der Waals surface area contributed by atoms with E-state index in [1.54, 1.807) is 20.8 Å². The Balaban J connectivity index is 0. The number of amides is 1. The molecule has 0 aliphatic rings. The summed E-state index contributed by atoms with van der Waals surface area (Å²) >= 11 is 1.30. The standard InChI is InChI=1S/C15H24N2O6S.C2H6/c1-5-10-24-11-12(16-14(19)23-15(2,3)4)13(18)22-9-7-6-8-17(20)21;1-2/h1,12H,6-11H2,2-4H3,(H,16,19);1-2H3. The number of hydrogen-bond acceptors (Lipinski definition) is 7. The topological polar surface area (TPSA) is 108 Å². The Bertz CT molecular complexity index is 471. The van der Waals surface area contributed by atoms with Gasteiger partial charge in [0.25, 0.3) is 0 Å². The molecule has 0 radical (unpaired) electrons. The van der Waals surface area contributed by atoms with Crippen LogP contribution < -0.4 is 5.32 Å². The van der Waals surface area contributed by atoms with Crippen molar-refractivity contribution < 1.29 is 24.0 Å². The molecule has 0 bridgehead atoms. The average Bonchev–Trinajstić information content (AvgIpc) is 2.53. The number of nitrogens with zero attached hydrogens (tertiary/aromatic N) is 1. The molecule has 0 aliphatic carbocycles. The van der Waals surface area contributed by atoms with Gasteiger partial charge in [0.2, 0.25) is 6.54 Å². The second kappa shape index (κ2) is 15.3. The lowest BCUT2D eigenvalue weighted by atomic mass is 10.2. The van der Waals surface area contributed by atoms with Crippen LogP contribution in [0.4, 0.5) is 4.79 Å². The van der Waals surface area contributed by atoms with Gasteiger partial charge in [-0.05, 0) is 27.2 Å². The molecule has 0 aliphatic heterocycles. The number of rotatable bonds is 10. The summed E-state index contributed by atoms with van der Waals surface area (Å²) < 4.78 is 10.2. The number of thioether (sulfide) groups is 1. The number of nitrogens with one attached hydrogen (secondary N) is 1. The van der Waals surface area contributed by atoms with Gasteiger partial charge in [0.05, 0.1) is 12.4 Å². The molecule has 8 nitrogen and oxygen atoms in total. The predicted octanol–water partition coefficient (Wildman–Crippen LogP) is 2.87. The predicted molar refractivity (Wildman–Crippen MR) is 103 cm³/mol. The van der Waals surface area contributed by atoms with Gasteiger partial charge < -0.3 is 14.8 Å². The Hall–Kier alpha value is -1.95. The number of carbonyl (C=O) groups excluding carboxylic acids is 2. The number of ether oxygens (including phenoxy) is 2. The zero-order valence-electron chi connectivity index (χ0n) is 16.2. The molecular formula is C17H30N2O6S. The fraction of sp³-hybridized carbons (Fsp3) is 0.765. The van der Waals surface area contributed by atoms with Crippen LogP contribution in [0, 0.1) is 22.5 Å². The van der Waals surface area contributed by atoms with E-state index in [0.717, 1.165) is 0 Å². The molecule has 150 valence electrons. The summed E-state index contributed by atoms with van der Waals surface area (Å²) in [6.07, 6.45) is 5.13. The lowest BCUT2D eigenvalue weighted by Crippen LogP contribution is -2.45. The molecule has 26 heavy (non-hydrogen) atoms. The van der Waals surface area contributed by atoms with E-state index in [2.05, 4.69) is 11.2 Å². The first-order valence-electron chi connectivity index (χ1n) is 8.45. The van der Waals surface area contributed by atoms with Crippen LogP contribution in [0.2, 0.25) is 0 Å². The van der Waals surface area contributed by atoms with Crippen LogP contribution in [0.3, 0.4) is 0 Å². The van der Waals surface area contributed by atoms with E-state index < -0.39 is 28.6 Å². The van der Waals surface area contributed by atoms with Crippen molar-refractivity contribution in [1.82, 2.24) is 5.32 Å². The van der Waals surface area contributed by atoms with Crippen molar-refractivity contribution in [1.29, 1.82) is 0 Å². The number of alkyl carbamates (subject to hydrolysis) is 1. The van der Waals surface area contributed by atoms with E-state index in [-0.39, 0.29) is 18.9 Å². The highest BCUT2D eigenvalue weighted by Crippen LogP contribution is 2.09. The smallest absolute Gasteiger partial charge is 0.408 e. The highest BCUT2D eigenvalue weighted by molar-refractivity contribution is 7.99. The molecule has 1 atom stereocenters. The van der Waals surface area contributed by atoms with Crippen LogP contribution >= 0.6 is 11.8 Å². The maximum atomic E-state index is 12.0. The molecule has 0 rings (SSSR count). The van der Waals surface area contributed by atoms with Crippen molar-refractivity contribution in [2.24, 2.45) is 0 Å². The third-order valence-corrected chi connectivity index (χ3v) is 3.36. The van der Waals surface area contributed by atoms with Gasteiger partial charge in [0, 0.05) is 17.1 Å². The van der Waals surface area contributed by atoms with Crippen molar-refractivity contribution >= 4 is 23.8 Å². The van der Waals surface area contributed by atoms with E-state index in [0.29, 0.717) is 18.6 Å². The molecule has 0 saturated carbocycles.